The van der Waals surface area contributed by atoms with Crippen LogP contribution < -0.4 is 0 Å². The van der Waals surface area contributed by atoms with E-state index in [0.29, 0.717) is 31.1 Å². The average Bonchev–Trinajstić information content (AvgIpc) is 3.02. The minimum absolute atomic E-state index is 0.0342. The van der Waals surface area contributed by atoms with Crippen molar-refractivity contribution in [2.75, 3.05) is 26.2 Å². The van der Waals surface area contributed by atoms with Crippen molar-refractivity contribution in [1.29, 1.82) is 0 Å². The lowest BCUT2D eigenvalue weighted by atomic mass is 10.1. The molecule has 0 saturated carbocycles. The van der Waals surface area contributed by atoms with Gasteiger partial charge in [-0.3, -0.25) is 9.59 Å². The van der Waals surface area contributed by atoms with Crippen LogP contribution in [0.15, 0.2) is 30.3 Å². The van der Waals surface area contributed by atoms with Crippen LogP contribution in [0.3, 0.4) is 0 Å². The Kier molecular flexibility index (Phi) is 4.62. The molecular formula is C17H16F2N2O2S. The van der Waals surface area contributed by atoms with Gasteiger partial charge in [0.05, 0.1) is 4.88 Å². The van der Waals surface area contributed by atoms with E-state index in [0.717, 1.165) is 17.0 Å². The molecule has 7 heteroatoms. The zero-order valence-corrected chi connectivity index (χ0v) is 13.9. The van der Waals surface area contributed by atoms with Gasteiger partial charge in [-0.05, 0) is 37.3 Å². The Hall–Kier alpha value is -2.28. The number of benzene rings is 1. The largest absolute Gasteiger partial charge is 0.335 e. The zero-order valence-electron chi connectivity index (χ0n) is 13.1. The first-order valence-electron chi connectivity index (χ1n) is 7.56. The Morgan fingerprint density at radius 1 is 0.917 bits per heavy atom. The Bertz CT molecular complexity index is 783. The fourth-order valence-corrected chi connectivity index (χ4v) is 3.47. The normalized spacial score (nSPS) is 14.8. The van der Waals surface area contributed by atoms with Crippen molar-refractivity contribution in [2.24, 2.45) is 0 Å². The molecule has 1 aliphatic heterocycles. The Balaban J connectivity index is 1.63. The lowest BCUT2D eigenvalue weighted by Crippen LogP contribution is -2.50. The zero-order chi connectivity index (χ0) is 17.3. The summed E-state index contributed by atoms with van der Waals surface area (Å²) in [7, 11) is 0. The molecule has 0 unspecified atom stereocenters. The van der Waals surface area contributed by atoms with E-state index in [4.69, 9.17) is 0 Å². The van der Waals surface area contributed by atoms with E-state index in [2.05, 4.69) is 0 Å². The fraction of sp³-hybridized carbons (Fsp3) is 0.294. The van der Waals surface area contributed by atoms with Crippen LogP contribution in [0.5, 0.6) is 0 Å². The number of thiophene rings is 1. The monoisotopic (exact) mass is 350 g/mol. The average molecular weight is 350 g/mol. The van der Waals surface area contributed by atoms with E-state index < -0.39 is 11.6 Å². The highest BCUT2D eigenvalue weighted by Crippen LogP contribution is 2.19. The molecule has 1 saturated heterocycles. The highest BCUT2D eigenvalue weighted by molar-refractivity contribution is 7.13. The molecule has 1 aromatic carbocycles. The predicted octanol–water partition coefficient (Wildman–Crippen LogP) is 2.93. The van der Waals surface area contributed by atoms with E-state index in [9.17, 15) is 18.4 Å². The molecule has 2 heterocycles. The van der Waals surface area contributed by atoms with Gasteiger partial charge in [-0.15, -0.1) is 11.3 Å². The van der Waals surface area contributed by atoms with Gasteiger partial charge in [-0.25, -0.2) is 8.78 Å². The molecule has 2 amide bonds. The minimum atomic E-state index is -1.04. The van der Waals surface area contributed by atoms with Crippen LogP contribution in [0.25, 0.3) is 0 Å². The van der Waals surface area contributed by atoms with E-state index >= 15 is 0 Å². The van der Waals surface area contributed by atoms with Crippen LogP contribution in [-0.4, -0.2) is 47.8 Å². The number of aryl methyl sites for hydroxylation is 1. The first-order valence-corrected chi connectivity index (χ1v) is 8.37. The SMILES string of the molecule is Cc1ccc(C(=O)N2CCN(C(=O)c3ccc(F)c(F)c3)CC2)s1. The molecule has 0 atom stereocenters. The summed E-state index contributed by atoms with van der Waals surface area (Å²) in [6, 6.07) is 6.83. The van der Waals surface area contributed by atoms with E-state index in [1.165, 1.54) is 17.4 Å². The van der Waals surface area contributed by atoms with Crippen LogP contribution in [0.1, 0.15) is 24.9 Å². The number of hydrogen-bond donors (Lipinski definition) is 0. The van der Waals surface area contributed by atoms with E-state index in [-0.39, 0.29) is 17.4 Å². The van der Waals surface area contributed by atoms with E-state index in [1.54, 1.807) is 15.9 Å². The summed E-state index contributed by atoms with van der Waals surface area (Å²) >= 11 is 1.45. The van der Waals surface area contributed by atoms with Crippen molar-refractivity contribution in [2.45, 2.75) is 6.92 Å². The van der Waals surface area contributed by atoms with Crippen LogP contribution in [-0.2, 0) is 0 Å². The summed E-state index contributed by atoms with van der Waals surface area (Å²) in [5, 5.41) is 0. The second kappa shape index (κ2) is 6.68. The summed E-state index contributed by atoms with van der Waals surface area (Å²) in [6.07, 6.45) is 0. The van der Waals surface area contributed by atoms with Gasteiger partial charge in [0, 0.05) is 36.6 Å². The predicted molar refractivity (Wildman–Crippen MR) is 87.2 cm³/mol. The number of piperazine rings is 1. The minimum Gasteiger partial charge on any atom is -0.335 e. The highest BCUT2D eigenvalue weighted by Gasteiger charge is 2.26. The molecule has 24 heavy (non-hydrogen) atoms. The summed E-state index contributed by atoms with van der Waals surface area (Å²) < 4.78 is 26.2. The number of nitrogens with zero attached hydrogens (tertiary/aromatic N) is 2. The molecule has 1 fully saturated rings. The Morgan fingerprint density at radius 3 is 2.08 bits per heavy atom. The number of halogens is 2. The van der Waals surface area contributed by atoms with Gasteiger partial charge in [0.25, 0.3) is 11.8 Å². The summed E-state index contributed by atoms with van der Waals surface area (Å²) in [4.78, 5) is 29.8. The Labute approximate surface area is 142 Å². The number of hydrogen-bond acceptors (Lipinski definition) is 3. The molecule has 0 aliphatic carbocycles. The third kappa shape index (κ3) is 3.31. The lowest BCUT2D eigenvalue weighted by Gasteiger charge is -2.34. The highest BCUT2D eigenvalue weighted by atomic mass is 32.1. The third-order valence-corrected chi connectivity index (χ3v) is 4.96. The van der Waals surface area contributed by atoms with Crippen LogP contribution in [0.4, 0.5) is 8.78 Å². The maximum absolute atomic E-state index is 13.3. The molecule has 1 aliphatic rings. The topological polar surface area (TPSA) is 40.6 Å². The maximum atomic E-state index is 13.3. The summed E-state index contributed by atoms with van der Waals surface area (Å²) in [5.41, 5.74) is 0.113. The second-order valence-electron chi connectivity index (χ2n) is 5.62. The van der Waals surface area contributed by atoms with Crippen LogP contribution >= 0.6 is 11.3 Å². The number of carbonyl (C=O) groups excluding carboxylic acids is 2. The smallest absolute Gasteiger partial charge is 0.264 e. The first kappa shape index (κ1) is 16.6. The number of carbonyl (C=O) groups is 2. The molecule has 0 spiro atoms. The fourth-order valence-electron chi connectivity index (χ4n) is 2.63. The Morgan fingerprint density at radius 2 is 1.54 bits per heavy atom. The molecule has 0 radical (unpaired) electrons. The van der Waals surface area contributed by atoms with Crippen LogP contribution in [0.2, 0.25) is 0 Å². The number of rotatable bonds is 2. The molecule has 126 valence electrons. The van der Waals surface area contributed by atoms with Crippen molar-refractivity contribution in [1.82, 2.24) is 9.80 Å². The molecule has 0 N–H and O–H groups in total. The quantitative estimate of drug-likeness (QED) is 0.836. The van der Waals surface area contributed by atoms with Crippen molar-refractivity contribution >= 4 is 23.2 Å². The van der Waals surface area contributed by atoms with Crippen molar-refractivity contribution < 1.29 is 18.4 Å². The maximum Gasteiger partial charge on any atom is 0.264 e. The van der Waals surface area contributed by atoms with Gasteiger partial charge in [-0.2, -0.15) is 0 Å². The van der Waals surface area contributed by atoms with Gasteiger partial charge in [0.2, 0.25) is 0 Å². The lowest BCUT2D eigenvalue weighted by molar-refractivity contribution is 0.0538. The van der Waals surface area contributed by atoms with Crippen molar-refractivity contribution in [3.63, 3.8) is 0 Å². The van der Waals surface area contributed by atoms with Crippen molar-refractivity contribution in [3.8, 4) is 0 Å². The van der Waals surface area contributed by atoms with Gasteiger partial charge in [-0.1, -0.05) is 0 Å². The van der Waals surface area contributed by atoms with Crippen LogP contribution in [0, 0.1) is 18.6 Å². The van der Waals surface area contributed by atoms with E-state index in [1.807, 2.05) is 13.0 Å². The van der Waals surface area contributed by atoms with Gasteiger partial charge in [0.1, 0.15) is 0 Å². The number of amides is 2. The molecular weight excluding hydrogens is 334 g/mol. The molecule has 4 nitrogen and oxygen atoms in total. The molecule has 1 aromatic heterocycles. The van der Waals surface area contributed by atoms with Gasteiger partial charge >= 0.3 is 0 Å². The molecule has 2 aromatic rings. The summed E-state index contributed by atoms with van der Waals surface area (Å²) in [5.74, 6) is -2.41. The van der Waals surface area contributed by atoms with Gasteiger partial charge < -0.3 is 9.80 Å². The second-order valence-corrected chi connectivity index (χ2v) is 6.91. The summed E-state index contributed by atoms with van der Waals surface area (Å²) in [6.45, 7) is 3.53. The third-order valence-electron chi connectivity index (χ3n) is 3.97. The molecule has 0 bridgehead atoms. The standard InChI is InChI=1S/C17H16F2N2O2S/c1-11-2-5-15(24-11)17(23)21-8-6-20(7-9-21)16(22)12-3-4-13(18)14(19)10-12/h2-5,10H,6-9H2,1H3. The van der Waals surface area contributed by atoms with Gasteiger partial charge in [0.15, 0.2) is 11.6 Å². The molecule has 3 rings (SSSR count). The first-order chi connectivity index (χ1) is 11.5. The van der Waals surface area contributed by atoms with Crippen molar-refractivity contribution in [3.05, 3.63) is 57.3 Å².